The summed E-state index contributed by atoms with van der Waals surface area (Å²) in [7, 11) is 0. The molecule has 0 atom stereocenters. The predicted molar refractivity (Wildman–Crippen MR) is 96.5 cm³/mol. The van der Waals surface area contributed by atoms with Crippen LogP contribution in [0.15, 0.2) is 85.0 Å². The molecule has 23 heavy (non-hydrogen) atoms. The van der Waals surface area contributed by atoms with Crippen molar-refractivity contribution < 1.29 is 4.39 Å². The first-order valence-electron chi connectivity index (χ1n) is 7.82. The van der Waals surface area contributed by atoms with Gasteiger partial charge < -0.3 is 0 Å². The smallest absolute Gasteiger partial charge is 0.123 e. The van der Waals surface area contributed by atoms with Crippen LogP contribution in [0, 0.1) is 5.82 Å². The van der Waals surface area contributed by atoms with E-state index in [1.165, 1.54) is 17.7 Å². The molecule has 1 aliphatic carbocycles. The molecule has 1 heteroatoms. The first-order valence-corrected chi connectivity index (χ1v) is 7.82. The van der Waals surface area contributed by atoms with Crippen LogP contribution in [0.4, 0.5) is 4.39 Å². The van der Waals surface area contributed by atoms with E-state index in [4.69, 9.17) is 0 Å². The van der Waals surface area contributed by atoms with E-state index in [1.807, 2.05) is 24.3 Å². The Bertz CT molecular complexity index is 800. The zero-order valence-corrected chi connectivity index (χ0v) is 13.2. The van der Waals surface area contributed by atoms with Crippen LogP contribution in [0.2, 0.25) is 0 Å². The fourth-order valence-corrected chi connectivity index (χ4v) is 2.71. The van der Waals surface area contributed by atoms with Gasteiger partial charge in [0.15, 0.2) is 0 Å². The molecule has 3 rings (SSSR count). The quantitative estimate of drug-likeness (QED) is 0.654. The highest BCUT2D eigenvalue weighted by atomic mass is 19.1. The molecule has 0 saturated carbocycles. The molecule has 0 heterocycles. The summed E-state index contributed by atoms with van der Waals surface area (Å²) in [6, 6.07) is 15.2. The van der Waals surface area contributed by atoms with Crippen molar-refractivity contribution >= 4 is 11.1 Å². The zero-order chi connectivity index (χ0) is 16.2. The third-order valence-electron chi connectivity index (χ3n) is 4.02. The molecule has 0 saturated heterocycles. The number of allylic oxidation sites excluding steroid dienone is 7. The Morgan fingerprint density at radius 1 is 0.870 bits per heavy atom. The van der Waals surface area contributed by atoms with Crippen LogP contribution >= 0.6 is 0 Å². The lowest BCUT2D eigenvalue weighted by atomic mass is 9.91. The summed E-state index contributed by atoms with van der Waals surface area (Å²) < 4.78 is 13.3. The largest absolute Gasteiger partial charge is 0.207 e. The number of hydrogen-bond acceptors (Lipinski definition) is 0. The van der Waals surface area contributed by atoms with Gasteiger partial charge in [0, 0.05) is 0 Å². The second-order valence-corrected chi connectivity index (χ2v) is 5.63. The van der Waals surface area contributed by atoms with E-state index in [9.17, 15) is 4.39 Å². The maximum atomic E-state index is 13.3. The molecule has 2 aromatic carbocycles. The highest BCUT2D eigenvalue weighted by Gasteiger charge is 2.12. The summed E-state index contributed by atoms with van der Waals surface area (Å²) in [4.78, 5) is 0. The van der Waals surface area contributed by atoms with Gasteiger partial charge in [0.2, 0.25) is 0 Å². The maximum absolute atomic E-state index is 13.3. The van der Waals surface area contributed by atoms with Gasteiger partial charge in [-0.2, -0.15) is 0 Å². The normalized spacial score (nSPS) is 14.3. The summed E-state index contributed by atoms with van der Waals surface area (Å²) in [5, 5.41) is 0. The summed E-state index contributed by atoms with van der Waals surface area (Å²) in [6.45, 7) is 6.20. The molecule has 114 valence electrons. The van der Waals surface area contributed by atoms with Gasteiger partial charge in [-0.1, -0.05) is 68.1 Å². The summed E-state index contributed by atoms with van der Waals surface area (Å²) in [5.41, 5.74) is 6.56. The molecular weight excluding hydrogens is 283 g/mol. The van der Waals surface area contributed by atoms with E-state index in [0.29, 0.717) is 0 Å². The van der Waals surface area contributed by atoms with E-state index in [2.05, 4.69) is 49.9 Å². The fourth-order valence-electron chi connectivity index (χ4n) is 2.71. The van der Waals surface area contributed by atoms with Gasteiger partial charge in [-0.3, -0.25) is 0 Å². The van der Waals surface area contributed by atoms with Gasteiger partial charge in [0.25, 0.3) is 0 Å². The average Bonchev–Trinajstić information content (AvgIpc) is 2.77. The van der Waals surface area contributed by atoms with E-state index in [-0.39, 0.29) is 5.82 Å². The Morgan fingerprint density at radius 3 is 2.13 bits per heavy atom. The predicted octanol–water partition coefficient (Wildman–Crippen LogP) is 5.98. The Kier molecular flexibility index (Phi) is 4.38. The number of benzene rings is 2. The van der Waals surface area contributed by atoms with Crippen LogP contribution in [0.25, 0.3) is 11.1 Å². The topological polar surface area (TPSA) is 0 Å². The second kappa shape index (κ2) is 6.62. The number of rotatable bonds is 3. The molecular formula is C22H19F. The summed E-state index contributed by atoms with van der Waals surface area (Å²) in [6.07, 6.45) is 9.16. The first kappa shape index (κ1) is 15.2. The van der Waals surface area contributed by atoms with E-state index >= 15 is 0 Å². The zero-order valence-electron chi connectivity index (χ0n) is 13.2. The molecule has 0 nitrogen and oxygen atoms in total. The minimum absolute atomic E-state index is 0.224. The van der Waals surface area contributed by atoms with Crippen molar-refractivity contribution in [2.24, 2.45) is 0 Å². The standard InChI is InChI=1S/C22H19F/c1-3-17-7-9-18(10-8-17)21-6-4-5-16(2)15-22(21)19-11-13-20(23)14-12-19/h4-15H,2-3H2,1H3. The Hall–Kier alpha value is -2.67. The van der Waals surface area contributed by atoms with Gasteiger partial charge in [0.1, 0.15) is 5.82 Å². The maximum Gasteiger partial charge on any atom is 0.123 e. The molecule has 0 amide bonds. The van der Waals surface area contributed by atoms with Crippen LogP contribution in [0.3, 0.4) is 0 Å². The lowest BCUT2D eigenvalue weighted by Gasteiger charge is -2.13. The van der Waals surface area contributed by atoms with Gasteiger partial charge in [-0.05, 0) is 58.0 Å². The monoisotopic (exact) mass is 302 g/mol. The molecule has 0 fully saturated rings. The molecule has 0 bridgehead atoms. The van der Waals surface area contributed by atoms with Crippen LogP contribution in [-0.2, 0) is 6.42 Å². The average molecular weight is 302 g/mol. The highest BCUT2D eigenvalue weighted by molar-refractivity contribution is 6.06. The van der Waals surface area contributed by atoms with Crippen LogP contribution < -0.4 is 0 Å². The molecule has 2 aromatic rings. The molecule has 0 aliphatic heterocycles. The minimum atomic E-state index is -0.224. The van der Waals surface area contributed by atoms with Crippen molar-refractivity contribution in [1.29, 1.82) is 0 Å². The fraction of sp³-hybridized carbons (Fsp3) is 0.0909. The lowest BCUT2D eigenvalue weighted by Crippen LogP contribution is -1.92. The van der Waals surface area contributed by atoms with Gasteiger partial charge in [-0.15, -0.1) is 0 Å². The van der Waals surface area contributed by atoms with Crippen LogP contribution in [0.5, 0.6) is 0 Å². The van der Waals surface area contributed by atoms with Crippen molar-refractivity contribution in [2.45, 2.75) is 13.3 Å². The van der Waals surface area contributed by atoms with Gasteiger partial charge in [-0.25, -0.2) is 4.39 Å². The Morgan fingerprint density at radius 2 is 1.48 bits per heavy atom. The van der Waals surface area contributed by atoms with Gasteiger partial charge >= 0.3 is 0 Å². The van der Waals surface area contributed by atoms with E-state index in [1.54, 1.807) is 0 Å². The summed E-state index contributed by atoms with van der Waals surface area (Å²) in [5.74, 6) is -0.224. The Labute approximate surface area is 137 Å². The van der Waals surface area contributed by atoms with E-state index < -0.39 is 0 Å². The van der Waals surface area contributed by atoms with Crippen LogP contribution in [0.1, 0.15) is 23.6 Å². The second-order valence-electron chi connectivity index (χ2n) is 5.63. The highest BCUT2D eigenvalue weighted by Crippen LogP contribution is 2.34. The molecule has 0 radical (unpaired) electrons. The van der Waals surface area contributed by atoms with Crippen LogP contribution in [-0.4, -0.2) is 0 Å². The van der Waals surface area contributed by atoms with Crippen molar-refractivity contribution in [1.82, 2.24) is 0 Å². The van der Waals surface area contributed by atoms with Gasteiger partial charge in [0.05, 0.1) is 0 Å². The Balaban J connectivity index is 2.08. The van der Waals surface area contributed by atoms with Crippen molar-refractivity contribution in [3.63, 3.8) is 0 Å². The molecule has 0 N–H and O–H groups in total. The molecule has 0 aromatic heterocycles. The van der Waals surface area contributed by atoms with Crippen molar-refractivity contribution in [2.75, 3.05) is 0 Å². The first-order chi connectivity index (χ1) is 11.2. The van der Waals surface area contributed by atoms with Crippen molar-refractivity contribution in [3.05, 3.63) is 107 Å². The summed E-state index contributed by atoms with van der Waals surface area (Å²) >= 11 is 0. The third kappa shape index (κ3) is 3.40. The third-order valence-corrected chi connectivity index (χ3v) is 4.02. The lowest BCUT2D eigenvalue weighted by molar-refractivity contribution is 0.627. The van der Waals surface area contributed by atoms with E-state index in [0.717, 1.165) is 34.3 Å². The molecule has 0 unspecified atom stereocenters. The number of hydrogen-bond donors (Lipinski definition) is 0. The SMILES string of the molecule is C=C1C=CC=C(c2ccc(CC)cc2)C(c2ccc(F)cc2)=C1. The number of halogens is 1. The molecule has 0 spiro atoms. The minimum Gasteiger partial charge on any atom is -0.207 e. The van der Waals surface area contributed by atoms with Crippen molar-refractivity contribution in [3.8, 4) is 0 Å². The number of aryl methyl sites for hydroxylation is 1. The molecule has 1 aliphatic rings.